The second kappa shape index (κ2) is 3.61. The van der Waals surface area contributed by atoms with Crippen molar-refractivity contribution in [3.05, 3.63) is 0 Å². The first kappa shape index (κ1) is 11.0. The lowest BCUT2D eigenvalue weighted by atomic mass is 9.58. The van der Waals surface area contributed by atoms with Crippen LogP contribution in [-0.2, 0) is 4.74 Å². The maximum atomic E-state index is 5.87. The number of hydrogen-bond acceptors (Lipinski definition) is 1. The van der Waals surface area contributed by atoms with Crippen molar-refractivity contribution in [1.29, 1.82) is 0 Å². The highest BCUT2D eigenvalue weighted by atomic mass is 16.5. The second-order valence-electron chi connectivity index (χ2n) is 4.72. The van der Waals surface area contributed by atoms with Crippen molar-refractivity contribution in [2.75, 3.05) is 6.61 Å². The molecule has 2 heterocycles. The van der Waals surface area contributed by atoms with E-state index in [1.807, 2.05) is 13.8 Å². The Kier molecular flexibility index (Phi) is 3.06. The van der Waals surface area contributed by atoms with E-state index in [4.69, 9.17) is 4.74 Å². The monoisotopic (exact) mass is 184 g/mol. The topological polar surface area (TPSA) is 9.23 Å². The average molecular weight is 184 g/mol. The smallest absolute Gasteiger partial charge is 0.0717 e. The van der Waals surface area contributed by atoms with Gasteiger partial charge in [0.25, 0.3) is 0 Å². The van der Waals surface area contributed by atoms with Crippen LogP contribution in [0.1, 0.15) is 53.9 Å². The molecule has 13 heavy (non-hydrogen) atoms. The summed E-state index contributed by atoms with van der Waals surface area (Å²) in [6, 6.07) is 0. The minimum atomic E-state index is 0.302. The van der Waals surface area contributed by atoms with E-state index in [1.165, 1.54) is 19.3 Å². The van der Waals surface area contributed by atoms with Crippen LogP contribution in [0, 0.1) is 11.3 Å². The van der Waals surface area contributed by atoms with Gasteiger partial charge in [-0.05, 0) is 30.6 Å². The van der Waals surface area contributed by atoms with Gasteiger partial charge >= 0.3 is 0 Å². The van der Waals surface area contributed by atoms with Gasteiger partial charge in [-0.2, -0.15) is 0 Å². The Bertz CT molecular complexity index is 166. The molecule has 0 aromatic carbocycles. The molecule has 2 saturated heterocycles. The number of ether oxygens (including phenoxy) is 1. The van der Waals surface area contributed by atoms with Crippen LogP contribution in [0.15, 0.2) is 0 Å². The summed E-state index contributed by atoms with van der Waals surface area (Å²) in [6.07, 6.45) is 3.96. The molecule has 0 atom stereocenters. The predicted octanol–water partition coefficient (Wildman–Crippen LogP) is 3.63. The lowest BCUT2D eigenvalue weighted by Crippen LogP contribution is -2.47. The Morgan fingerprint density at radius 2 is 1.77 bits per heavy atom. The molecule has 1 heteroatoms. The molecule has 0 aromatic heterocycles. The van der Waals surface area contributed by atoms with Gasteiger partial charge in [0.15, 0.2) is 0 Å². The highest BCUT2D eigenvalue weighted by molar-refractivity contribution is 5.11. The summed E-state index contributed by atoms with van der Waals surface area (Å²) >= 11 is 0. The molecule has 3 aliphatic rings. The van der Waals surface area contributed by atoms with E-state index < -0.39 is 0 Å². The fraction of sp³-hybridized carbons (Fsp3) is 1.00. The molecule has 0 N–H and O–H groups in total. The molecule has 2 aliphatic heterocycles. The third kappa shape index (κ3) is 1.52. The van der Waals surface area contributed by atoms with Crippen molar-refractivity contribution in [2.45, 2.75) is 59.5 Å². The van der Waals surface area contributed by atoms with Gasteiger partial charge in [-0.25, -0.2) is 0 Å². The standard InChI is InChI=1S/C10H18O.C2H6/c1-4-9-5-10(6-9,8(2)3)11-7-9;1-2/h8H,4-7H2,1-3H3;1-2H3. The van der Waals surface area contributed by atoms with Gasteiger partial charge in [0.1, 0.15) is 0 Å². The SMILES string of the molecule is CC.CCC12COC(C(C)C)(C1)C2. The maximum absolute atomic E-state index is 5.87. The summed E-state index contributed by atoms with van der Waals surface area (Å²) in [5.41, 5.74) is 0.903. The molecule has 0 amide bonds. The number of rotatable bonds is 2. The molecule has 0 spiro atoms. The van der Waals surface area contributed by atoms with Crippen molar-refractivity contribution in [1.82, 2.24) is 0 Å². The van der Waals surface area contributed by atoms with E-state index in [1.54, 1.807) is 0 Å². The molecule has 3 fully saturated rings. The Morgan fingerprint density at radius 3 is 2.00 bits per heavy atom. The molecule has 1 nitrogen and oxygen atoms in total. The van der Waals surface area contributed by atoms with Gasteiger partial charge < -0.3 is 4.74 Å². The third-order valence-electron chi connectivity index (χ3n) is 3.82. The van der Waals surface area contributed by atoms with Crippen LogP contribution in [0.3, 0.4) is 0 Å². The lowest BCUT2D eigenvalue weighted by molar-refractivity contribution is -0.0552. The summed E-state index contributed by atoms with van der Waals surface area (Å²) in [4.78, 5) is 0. The Balaban J connectivity index is 0.000000396. The van der Waals surface area contributed by atoms with Crippen molar-refractivity contribution in [3.8, 4) is 0 Å². The molecule has 2 bridgehead atoms. The highest BCUT2D eigenvalue weighted by Gasteiger charge is 2.62. The molecule has 78 valence electrons. The van der Waals surface area contributed by atoms with Crippen molar-refractivity contribution in [2.24, 2.45) is 11.3 Å². The summed E-state index contributed by atoms with van der Waals surface area (Å²) in [7, 11) is 0. The molecular formula is C12H24O. The zero-order valence-electron chi connectivity index (χ0n) is 9.81. The van der Waals surface area contributed by atoms with E-state index in [-0.39, 0.29) is 0 Å². The van der Waals surface area contributed by atoms with Crippen LogP contribution < -0.4 is 0 Å². The van der Waals surface area contributed by atoms with Crippen LogP contribution in [0.4, 0.5) is 0 Å². The summed E-state index contributed by atoms with van der Waals surface area (Å²) in [5.74, 6) is 0.713. The van der Waals surface area contributed by atoms with E-state index in [2.05, 4.69) is 20.8 Å². The summed E-state index contributed by atoms with van der Waals surface area (Å²) in [5, 5.41) is 0. The molecule has 0 aromatic rings. The average Bonchev–Trinajstić information content (AvgIpc) is 2.62. The van der Waals surface area contributed by atoms with Gasteiger partial charge in [0.05, 0.1) is 12.2 Å². The van der Waals surface area contributed by atoms with Crippen molar-refractivity contribution < 1.29 is 4.74 Å². The quantitative estimate of drug-likeness (QED) is 0.637. The number of fused-ring (bicyclic) bond motifs is 1. The van der Waals surface area contributed by atoms with Crippen LogP contribution >= 0.6 is 0 Å². The van der Waals surface area contributed by atoms with E-state index in [9.17, 15) is 0 Å². The fourth-order valence-electron chi connectivity index (χ4n) is 2.65. The molecule has 0 radical (unpaired) electrons. The Labute approximate surface area is 82.9 Å². The van der Waals surface area contributed by atoms with Gasteiger partial charge in [-0.15, -0.1) is 0 Å². The maximum Gasteiger partial charge on any atom is 0.0717 e. The first-order valence-corrected chi connectivity index (χ1v) is 5.76. The second-order valence-corrected chi connectivity index (χ2v) is 4.72. The number of hydrogen-bond donors (Lipinski definition) is 0. The van der Waals surface area contributed by atoms with Crippen LogP contribution in [0.25, 0.3) is 0 Å². The minimum Gasteiger partial charge on any atom is -0.374 e. The summed E-state index contributed by atoms with van der Waals surface area (Å²) < 4.78 is 5.87. The fourth-order valence-corrected chi connectivity index (χ4v) is 2.65. The van der Waals surface area contributed by atoms with Crippen LogP contribution in [-0.4, -0.2) is 12.2 Å². The van der Waals surface area contributed by atoms with Gasteiger partial charge in [-0.3, -0.25) is 0 Å². The van der Waals surface area contributed by atoms with E-state index in [0.717, 1.165) is 6.61 Å². The predicted molar refractivity (Wildman–Crippen MR) is 56.8 cm³/mol. The van der Waals surface area contributed by atoms with E-state index >= 15 is 0 Å². The Morgan fingerprint density at radius 1 is 1.23 bits per heavy atom. The largest absolute Gasteiger partial charge is 0.374 e. The summed E-state index contributed by atoms with van der Waals surface area (Å²) in [6.45, 7) is 11.9. The minimum absolute atomic E-state index is 0.302. The normalized spacial score (nSPS) is 41.1. The zero-order valence-corrected chi connectivity index (χ0v) is 9.81. The lowest BCUT2D eigenvalue weighted by Gasteiger charge is -2.46. The third-order valence-corrected chi connectivity index (χ3v) is 3.82. The first-order valence-electron chi connectivity index (χ1n) is 5.76. The highest BCUT2D eigenvalue weighted by Crippen LogP contribution is 2.62. The molecule has 0 unspecified atom stereocenters. The van der Waals surface area contributed by atoms with Crippen LogP contribution in [0.5, 0.6) is 0 Å². The van der Waals surface area contributed by atoms with Gasteiger partial charge in [0, 0.05) is 0 Å². The van der Waals surface area contributed by atoms with E-state index in [0.29, 0.717) is 16.9 Å². The zero-order chi connectivity index (χ0) is 10.1. The molecular weight excluding hydrogens is 160 g/mol. The molecule has 1 aliphatic carbocycles. The van der Waals surface area contributed by atoms with Crippen molar-refractivity contribution in [3.63, 3.8) is 0 Å². The first-order chi connectivity index (χ1) is 6.13. The van der Waals surface area contributed by atoms with Gasteiger partial charge in [0.2, 0.25) is 0 Å². The van der Waals surface area contributed by atoms with Gasteiger partial charge in [-0.1, -0.05) is 34.6 Å². The Hall–Kier alpha value is -0.0400. The molecule has 1 saturated carbocycles. The van der Waals surface area contributed by atoms with Crippen LogP contribution in [0.2, 0.25) is 0 Å². The van der Waals surface area contributed by atoms with Crippen molar-refractivity contribution >= 4 is 0 Å². The molecule has 3 rings (SSSR count).